The van der Waals surface area contributed by atoms with Crippen molar-refractivity contribution in [2.75, 3.05) is 26.2 Å². The fourth-order valence-corrected chi connectivity index (χ4v) is 4.64. The third-order valence-electron chi connectivity index (χ3n) is 4.82. The van der Waals surface area contributed by atoms with E-state index >= 15 is 0 Å². The van der Waals surface area contributed by atoms with Crippen LogP contribution in [0, 0.1) is 11.6 Å². The van der Waals surface area contributed by atoms with E-state index in [0.717, 1.165) is 49.6 Å². The molecule has 0 unspecified atom stereocenters. The van der Waals surface area contributed by atoms with Crippen LogP contribution in [0.25, 0.3) is 0 Å². The summed E-state index contributed by atoms with van der Waals surface area (Å²) in [6.45, 7) is 3.36. The minimum Gasteiger partial charge on any atom is -0.336 e. The molecule has 7 heteroatoms. The molecule has 2 aromatic rings. The first-order valence-corrected chi connectivity index (χ1v) is 9.36. The van der Waals surface area contributed by atoms with Crippen LogP contribution in [0.3, 0.4) is 0 Å². The van der Waals surface area contributed by atoms with Gasteiger partial charge in [0.25, 0.3) is 5.91 Å². The fraction of sp³-hybridized carbons (Fsp3) is 0.444. The summed E-state index contributed by atoms with van der Waals surface area (Å²) < 4.78 is 26.8. The summed E-state index contributed by atoms with van der Waals surface area (Å²) >= 11 is 1.80. The van der Waals surface area contributed by atoms with E-state index in [1.807, 2.05) is 0 Å². The van der Waals surface area contributed by atoms with Crippen molar-refractivity contribution in [1.29, 1.82) is 0 Å². The SMILES string of the molecule is O=C(c1ccc(F)cc1F)N1CCN(Cc2nc3c(s2)CCC3)CC1. The Bertz CT molecular complexity index is 778. The number of amides is 1. The first-order chi connectivity index (χ1) is 12.1. The molecule has 0 bridgehead atoms. The Labute approximate surface area is 149 Å². The third-order valence-corrected chi connectivity index (χ3v) is 5.96. The quantitative estimate of drug-likeness (QED) is 0.841. The van der Waals surface area contributed by atoms with Crippen LogP contribution in [0.4, 0.5) is 8.78 Å². The average molecular weight is 363 g/mol. The van der Waals surface area contributed by atoms with E-state index in [1.165, 1.54) is 23.1 Å². The summed E-state index contributed by atoms with van der Waals surface area (Å²) in [5.41, 5.74) is 1.20. The van der Waals surface area contributed by atoms with Gasteiger partial charge in [-0.05, 0) is 31.4 Å². The molecule has 25 heavy (non-hydrogen) atoms. The van der Waals surface area contributed by atoms with Gasteiger partial charge in [0.2, 0.25) is 0 Å². The molecule has 1 fully saturated rings. The highest BCUT2D eigenvalue weighted by Crippen LogP contribution is 2.28. The topological polar surface area (TPSA) is 36.4 Å². The molecule has 0 atom stereocenters. The predicted molar refractivity (Wildman–Crippen MR) is 91.7 cm³/mol. The molecule has 2 aliphatic rings. The zero-order chi connectivity index (χ0) is 17.4. The number of nitrogens with zero attached hydrogens (tertiary/aromatic N) is 3. The molecule has 1 aliphatic heterocycles. The van der Waals surface area contributed by atoms with Crippen LogP contribution in [0.15, 0.2) is 18.2 Å². The highest BCUT2D eigenvalue weighted by Gasteiger charge is 2.25. The molecule has 0 N–H and O–H groups in total. The normalized spacial score (nSPS) is 17.8. The highest BCUT2D eigenvalue weighted by molar-refractivity contribution is 7.11. The minimum atomic E-state index is -0.801. The lowest BCUT2D eigenvalue weighted by Gasteiger charge is -2.34. The Morgan fingerprint density at radius 2 is 1.96 bits per heavy atom. The summed E-state index contributed by atoms with van der Waals surface area (Å²) in [7, 11) is 0. The summed E-state index contributed by atoms with van der Waals surface area (Å²) in [5, 5.41) is 1.15. The number of carbonyl (C=O) groups excluding carboxylic acids is 1. The first kappa shape index (κ1) is 16.6. The van der Waals surface area contributed by atoms with Crippen LogP contribution in [0.5, 0.6) is 0 Å². The summed E-state index contributed by atoms with van der Waals surface area (Å²) in [4.78, 5) is 22.5. The average Bonchev–Trinajstić information content (AvgIpc) is 3.16. The third kappa shape index (κ3) is 3.43. The second-order valence-electron chi connectivity index (χ2n) is 6.52. The van der Waals surface area contributed by atoms with Gasteiger partial charge >= 0.3 is 0 Å². The Kier molecular flexibility index (Phi) is 4.52. The predicted octanol–water partition coefficient (Wildman–Crippen LogP) is 2.87. The zero-order valence-corrected chi connectivity index (χ0v) is 14.6. The largest absolute Gasteiger partial charge is 0.336 e. The van der Waals surface area contributed by atoms with Gasteiger partial charge in [-0.25, -0.2) is 13.8 Å². The number of aryl methyl sites for hydroxylation is 2. The van der Waals surface area contributed by atoms with Crippen LogP contribution in [-0.2, 0) is 19.4 Å². The number of halogens is 2. The number of benzene rings is 1. The van der Waals surface area contributed by atoms with Crippen molar-refractivity contribution in [1.82, 2.24) is 14.8 Å². The molecule has 1 amide bonds. The van der Waals surface area contributed by atoms with Crippen LogP contribution < -0.4 is 0 Å². The van der Waals surface area contributed by atoms with Crippen molar-refractivity contribution in [2.24, 2.45) is 0 Å². The van der Waals surface area contributed by atoms with Crippen molar-refractivity contribution in [3.05, 3.63) is 51.0 Å². The molecule has 4 rings (SSSR count). The smallest absolute Gasteiger partial charge is 0.256 e. The van der Waals surface area contributed by atoms with Crippen LogP contribution in [-0.4, -0.2) is 46.9 Å². The first-order valence-electron chi connectivity index (χ1n) is 8.54. The molecular weight excluding hydrogens is 344 g/mol. The maximum absolute atomic E-state index is 13.8. The van der Waals surface area contributed by atoms with E-state index in [-0.39, 0.29) is 11.5 Å². The van der Waals surface area contributed by atoms with E-state index in [0.29, 0.717) is 13.1 Å². The summed E-state index contributed by atoms with van der Waals surface area (Å²) in [6.07, 6.45) is 3.46. The van der Waals surface area contributed by atoms with E-state index in [1.54, 1.807) is 16.2 Å². The van der Waals surface area contributed by atoms with Crippen LogP contribution in [0.1, 0.15) is 32.4 Å². The standard InChI is InChI=1S/C18H19F2N3OS/c19-12-4-5-13(14(20)10-12)18(24)23-8-6-22(7-9-23)11-17-21-15-2-1-3-16(15)25-17/h4-5,10H,1-3,6-9,11H2. The van der Waals surface area contributed by atoms with Crippen molar-refractivity contribution in [3.63, 3.8) is 0 Å². The van der Waals surface area contributed by atoms with Crippen molar-refractivity contribution >= 4 is 17.2 Å². The lowest BCUT2D eigenvalue weighted by atomic mass is 10.1. The molecule has 4 nitrogen and oxygen atoms in total. The summed E-state index contributed by atoms with van der Waals surface area (Å²) in [6, 6.07) is 3.09. The van der Waals surface area contributed by atoms with Gasteiger partial charge in [-0.15, -0.1) is 11.3 Å². The minimum absolute atomic E-state index is 0.0637. The highest BCUT2D eigenvalue weighted by atomic mass is 32.1. The number of fused-ring (bicyclic) bond motifs is 1. The van der Waals surface area contributed by atoms with Gasteiger partial charge in [0.1, 0.15) is 16.6 Å². The van der Waals surface area contributed by atoms with Gasteiger partial charge in [0, 0.05) is 37.1 Å². The Balaban J connectivity index is 1.35. The number of hydrogen-bond donors (Lipinski definition) is 0. The lowest BCUT2D eigenvalue weighted by molar-refractivity contribution is 0.0623. The Morgan fingerprint density at radius 1 is 1.16 bits per heavy atom. The maximum Gasteiger partial charge on any atom is 0.256 e. The number of thiazole rings is 1. The van der Waals surface area contributed by atoms with E-state index in [9.17, 15) is 13.6 Å². The van der Waals surface area contributed by atoms with Crippen LogP contribution in [0.2, 0.25) is 0 Å². The van der Waals surface area contributed by atoms with Crippen molar-refractivity contribution in [3.8, 4) is 0 Å². The number of carbonyl (C=O) groups is 1. The zero-order valence-electron chi connectivity index (χ0n) is 13.8. The van der Waals surface area contributed by atoms with E-state index in [2.05, 4.69) is 4.90 Å². The number of rotatable bonds is 3. The van der Waals surface area contributed by atoms with Crippen molar-refractivity contribution < 1.29 is 13.6 Å². The Hall–Kier alpha value is -1.86. The van der Waals surface area contributed by atoms with E-state index in [4.69, 9.17) is 4.98 Å². The molecule has 1 saturated heterocycles. The second kappa shape index (κ2) is 6.80. The number of aromatic nitrogens is 1. The molecule has 0 radical (unpaired) electrons. The molecule has 2 heterocycles. The monoisotopic (exact) mass is 363 g/mol. The molecule has 132 valence electrons. The molecule has 0 saturated carbocycles. The molecule has 1 aromatic heterocycles. The molecule has 0 spiro atoms. The van der Waals surface area contributed by atoms with Gasteiger partial charge < -0.3 is 4.90 Å². The molecule has 1 aliphatic carbocycles. The molecule has 1 aromatic carbocycles. The van der Waals surface area contributed by atoms with E-state index < -0.39 is 11.6 Å². The van der Waals surface area contributed by atoms with Crippen molar-refractivity contribution in [2.45, 2.75) is 25.8 Å². The lowest BCUT2D eigenvalue weighted by Crippen LogP contribution is -2.48. The number of hydrogen-bond acceptors (Lipinski definition) is 4. The summed E-state index contributed by atoms with van der Waals surface area (Å²) in [5.74, 6) is -1.84. The second-order valence-corrected chi connectivity index (χ2v) is 7.69. The van der Waals surface area contributed by atoms with Gasteiger partial charge in [-0.2, -0.15) is 0 Å². The molecular formula is C18H19F2N3OS. The van der Waals surface area contributed by atoms with Gasteiger partial charge in [0.15, 0.2) is 0 Å². The van der Waals surface area contributed by atoms with Crippen LogP contribution >= 0.6 is 11.3 Å². The maximum atomic E-state index is 13.8. The fourth-order valence-electron chi connectivity index (χ4n) is 3.45. The Morgan fingerprint density at radius 3 is 2.68 bits per heavy atom. The van der Waals surface area contributed by atoms with Gasteiger partial charge in [0.05, 0.1) is 17.8 Å². The van der Waals surface area contributed by atoms with Gasteiger partial charge in [-0.1, -0.05) is 0 Å². The number of piperazine rings is 1. The van der Waals surface area contributed by atoms with Gasteiger partial charge in [-0.3, -0.25) is 9.69 Å².